The summed E-state index contributed by atoms with van der Waals surface area (Å²) in [4.78, 5) is 17.6. The number of ether oxygens (including phenoxy) is 1. The van der Waals surface area contributed by atoms with E-state index in [1.54, 1.807) is 6.07 Å². The molecule has 0 saturated carbocycles. The fourth-order valence-corrected chi connectivity index (χ4v) is 4.03. The Morgan fingerprint density at radius 3 is 2.90 bits per heavy atom. The van der Waals surface area contributed by atoms with Gasteiger partial charge in [0.15, 0.2) is 0 Å². The van der Waals surface area contributed by atoms with Crippen LogP contribution in [0.15, 0.2) is 12.1 Å². The van der Waals surface area contributed by atoms with Crippen LogP contribution >= 0.6 is 22.9 Å². The molecule has 0 unspecified atom stereocenters. The van der Waals surface area contributed by atoms with Crippen molar-refractivity contribution in [2.24, 2.45) is 0 Å². The van der Waals surface area contributed by atoms with Gasteiger partial charge in [-0.05, 0) is 37.9 Å². The Bertz CT molecular complexity index is 488. The predicted octanol–water partition coefficient (Wildman–Crippen LogP) is 2.73. The molecule has 0 spiro atoms. The van der Waals surface area contributed by atoms with E-state index in [1.807, 2.05) is 11.0 Å². The van der Waals surface area contributed by atoms with Gasteiger partial charge in [0.25, 0.3) is 5.91 Å². The van der Waals surface area contributed by atoms with Gasteiger partial charge in [0.1, 0.15) is 0 Å². The molecular weight excluding hydrogens is 308 g/mol. The van der Waals surface area contributed by atoms with Crippen LogP contribution in [0.4, 0.5) is 0 Å². The molecule has 21 heavy (non-hydrogen) atoms. The first-order valence-corrected chi connectivity index (χ1v) is 8.80. The van der Waals surface area contributed by atoms with E-state index >= 15 is 0 Å². The maximum absolute atomic E-state index is 12.5. The number of carbonyl (C=O) groups is 1. The van der Waals surface area contributed by atoms with Gasteiger partial charge in [0.05, 0.1) is 15.3 Å². The van der Waals surface area contributed by atoms with Crippen LogP contribution in [-0.4, -0.2) is 61.1 Å². The topological polar surface area (TPSA) is 32.8 Å². The summed E-state index contributed by atoms with van der Waals surface area (Å²) in [5.41, 5.74) is 0. The minimum absolute atomic E-state index is 0.117. The second-order valence-electron chi connectivity index (χ2n) is 5.69. The Balaban J connectivity index is 1.53. The predicted molar refractivity (Wildman–Crippen MR) is 85.3 cm³/mol. The molecule has 3 rings (SSSR count). The van der Waals surface area contributed by atoms with Gasteiger partial charge in [-0.25, -0.2) is 0 Å². The average Bonchev–Trinajstić information content (AvgIpc) is 3.07. The molecule has 0 radical (unpaired) electrons. The highest BCUT2D eigenvalue weighted by Crippen LogP contribution is 2.23. The highest BCUT2D eigenvalue weighted by molar-refractivity contribution is 7.17. The standard InChI is InChI=1S/C15H21ClN2O2S/c16-14-5-4-13(21-14)15(19)18-7-2-6-17(8-9-18)11-12-3-1-10-20-12/h4-5,12H,1-3,6-11H2/t12-/m0/s1. The van der Waals surface area contributed by atoms with Crippen LogP contribution in [0.25, 0.3) is 0 Å². The normalized spacial score (nSPS) is 24.2. The lowest BCUT2D eigenvalue weighted by atomic mass is 10.2. The van der Waals surface area contributed by atoms with Gasteiger partial charge >= 0.3 is 0 Å². The third-order valence-electron chi connectivity index (χ3n) is 4.15. The number of halogens is 1. The molecule has 4 nitrogen and oxygen atoms in total. The van der Waals surface area contributed by atoms with Gasteiger partial charge in [-0.15, -0.1) is 11.3 Å². The largest absolute Gasteiger partial charge is 0.377 e. The number of hydrogen-bond donors (Lipinski definition) is 0. The fraction of sp³-hybridized carbons (Fsp3) is 0.667. The first-order valence-electron chi connectivity index (χ1n) is 7.61. The molecule has 116 valence electrons. The molecule has 6 heteroatoms. The zero-order valence-electron chi connectivity index (χ0n) is 12.1. The Morgan fingerprint density at radius 1 is 1.29 bits per heavy atom. The highest BCUT2D eigenvalue weighted by Gasteiger charge is 2.24. The molecule has 1 amide bonds. The average molecular weight is 329 g/mol. The lowest BCUT2D eigenvalue weighted by molar-refractivity contribution is 0.0706. The van der Waals surface area contributed by atoms with Crippen molar-refractivity contribution in [1.82, 2.24) is 9.80 Å². The smallest absolute Gasteiger partial charge is 0.264 e. The number of carbonyl (C=O) groups excluding carboxylic acids is 1. The van der Waals surface area contributed by atoms with Gasteiger partial charge in [-0.1, -0.05) is 11.6 Å². The molecule has 1 aromatic heterocycles. The summed E-state index contributed by atoms with van der Waals surface area (Å²) in [5, 5.41) is 0. The maximum atomic E-state index is 12.5. The number of hydrogen-bond acceptors (Lipinski definition) is 4. The Kier molecular flexibility index (Phi) is 5.16. The van der Waals surface area contributed by atoms with Crippen LogP contribution in [0.1, 0.15) is 28.9 Å². The molecular formula is C15H21ClN2O2S. The summed E-state index contributed by atoms with van der Waals surface area (Å²) < 4.78 is 6.38. The van der Waals surface area contributed by atoms with Crippen molar-refractivity contribution >= 4 is 28.8 Å². The second-order valence-corrected chi connectivity index (χ2v) is 7.40. The van der Waals surface area contributed by atoms with E-state index in [0.29, 0.717) is 10.4 Å². The first kappa shape index (κ1) is 15.3. The number of amides is 1. The summed E-state index contributed by atoms with van der Waals surface area (Å²) in [6.07, 6.45) is 3.77. The van der Waals surface area contributed by atoms with E-state index < -0.39 is 0 Å². The van der Waals surface area contributed by atoms with Gasteiger partial charge in [-0.2, -0.15) is 0 Å². The third kappa shape index (κ3) is 3.97. The SMILES string of the molecule is O=C(c1ccc(Cl)s1)N1CCCN(C[C@@H]2CCCO2)CC1. The minimum Gasteiger partial charge on any atom is -0.377 e. The number of rotatable bonds is 3. The zero-order valence-corrected chi connectivity index (χ0v) is 13.7. The van der Waals surface area contributed by atoms with E-state index in [0.717, 1.165) is 50.6 Å². The van der Waals surface area contributed by atoms with Crippen LogP contribution in [0, 0.1) is 0 Å². The monoisotopic (exact) mass is 328 g/mol. The van der Waals surface area contributed by atoms with Crippen LogP contribution in [0.2, 0.25) is 4.34 Å². The van der Waals surface area contributed by atoms with Crippen LogP contribution in [-0.2, 0) is 4.74 Å². The summed E-state index contributed by atoms with van der Waals surface area (Å²) >= 11 is 7.28. The molecule has 1 aromatic rings. The van der Waals surface area contributed by atoms with E-state index in [2.05, 4.69) is 4.90 Å². The molecule has 0 N–H and O–H groups in total. The molecule has 0 aliphatic carbocycles. The number of nitrogens with zero attached hydrogens (tertiary/aromatic N) is 2. The molecule has 2 fully saturated rings. The van der Waals surface area contributed by atoms with E-state index in [-0.39, 0.29) is 5.91 Å². The van der Waals surface area contributed by atoms with Crippen molar-refractivity contribution < 1.29 is 9.53 Å². The fourth-order valence-electron chi connectivity index (χ4n) is 3.02. The lowest BCUT2D eigenvalue weighted by Gasteiger charge is -2.23. The van der Waals surface area contributed by atoms with E-state index in [1.165, 1.54) is 24.2 Å². The van der Waals surface area contributed by atoms with Crippen molar-refractivity contribution in [1.29, 1.82) is 0 Å². The molecule has 2 aliphatic heterocycles. The third-order valence-corrected chi connectivity index (χ3v) is 5.36. The first-order chi connectivity index (χ1) is 10.2. The molecule has 1 atom stereocenters. The van der Waals surface area contributed by atoms with Crippen molar-refractivity contribution in [2.45, 2.75) is 25.4 Å². The zero-order chi connectivity index (χ0) is 14.7. The van der Waals surface area contributed by atoms with Crippen LogP contribution in [0.5, 0.6) is 0 Å². The maximum Gasteiger partial charge on any atom is 0.264 e. The summed E-state index contributed by atoms with van der Waals surface area (Å²) in [6, 6.07) is 3.62. The van der Waals surface area contributed by atoms with Gasteiger partial charge < -0.3 is 9.64 Å². The molecule has 3 heterocycles. The van der Waals surface area contributed by atoms with Crippen molar-refractivity contribution in [3.63, 3.8) is 0 Å². The Morgan fingerprint density at radius 2 is 2.19 bits per heavy atom. The quantitative estimate of drug-likeness (QED) is 0.855. The molecule has 0 aromatic carbocycles. The molecule has 2 saturated heterocycles. The summed E-state index contributed by atoms with van der Waals surface area (Å²) in [6.45, 7) is 5.52. The summed E-state index contributed by atoms with van der Waals surface area (Å²) in [5.74, 6) is 0.117. The van der Waals surface area contributed by atoms with Crippen LogP contribution in [0.3, 0.4) is 0 Å². The second kappa shape index (κ2) is 7.09. The van der Waals surface area contributed by atoms with Crippen molar-refractivity contribution in [3.05, 3.63) is 21.3 Å². The minimum atomic E-state index is 0.117. The molecule has 0 bridgehead atoms. The summed E-state index contributed by atoms with van der Waals surface area (Å²) in [7, 11) is 0. The van der Waals surface area contributed by atoms with Crippen LogP contribution < -0.4 is 0 Å². The Hall–Kier alpha value is -0.620. The van der Waals surface area contributed by atoms with Crippen molar-refractivity contribution in [2.75, 3.05) is 39.3 Å². The van der Waals surface area contributed by atoms with Gasteiger partial charge in [0, 0.05) is 32.8 Å². The van der Waals surface area contributed by atoms with Gasteiger partial charge in [0.2, 0.25) is 0 Å². The van der Waals surface area contributed by atoms with Gasteiger partial charge in [-0.3, -0.25) is 9.69 Å². The number of thiophene rings is 1. The Labute approximate surface area is 134 Å². The van der Waals surface area contributed by atoms with E-state index in [4.69, 9.17) is 16.3 Å². The van der Waals surface area contributed by atoms with Crippen molar-refractivity contribution in [3.8, 4) is 0 Å². The molecule has 2 aliphatic rings. The lowest BCUT2D eigenvalue weighted by Crippen LogP contribution is -2.37. The highest BCUT2D eigenvalue weighted by atomic mass is 35.5. The van der Waals surface area contributed by atoms with E-state index in [9.17, 15) is 4.79 Å².